The third-order valence-corrected chi connectivity index (χ3v) is 3.82. The van der Waals surface area contributed by atoms with Crippen molar-refractivity contribution in [3.63, 3.8) is 0 Å². The molecule has 5 nitrogen and oxygen atoms in total. The van der Waals surface area contributed by atoms with Crippen LogP contribution in [-0.4, -0.2) is 66.9 Å². The van der Waals surface area contributed by atoms with Crippen LogP contribution < -0.4 is 29.3 Å². The molecule has 2 N–H and O–H groups in total. The molecule has 7 heteroatoms. The predicted molar refractivity (Wildman–Crippen MR) is 74.9 cm³/mol. The van der Waals surface area contributed by atoms with E-state index in [1.807, 2.05) is 0 Å². The summed E-state index contributed by atoms with van der Waals surface area (Å²) < 4.78 is 13.8. The van der Waals surface area contributed by atoms with Crippen LogP contribution in [0.4, 0.5) is 14.9 Å². The first kappa shape index (κ1) is 18.1. The number of nitrogens with zero attached hydrogens (tertiary/aromatic N) is 2. The lowest BCUT2D eigenvalue weighted by atomic mass is 10.2. The highest BCUT2D eigenvalue weighted by atomic mass is 127. The van der Waals surface area contributed by atoms with E-state index in [1.165, 1.54) is 12.1 Å². The predicted octanol–water partition coefficient (Wildman–Crippen LogP) is -1.88. The van der Waals surface area contributed by atoms with Gasteiger partial charge in [-0.15, -0.1) is 0 Å². The lowest BCUT2D eigenvalue weighted by Gasteiger charge is -2.41. The van der Waals surface area contributed by atoms with Crippen LogP contribution in [0.3, 0.4) is 0 Å². The third kappa shape index (κ3) is 5.08. The second-order valence-electron chi connectivity index (χ2n) is 5.44. The first-order chi connectivity index (χ1) is 9.52. The number of piperazine rings is 1. The van der Waals surface area contributed by atoms with Crippen molar-refractivity contribution in [2.75, 3.05) is 51.7 Å². The molecule has 0 atom stereocenters. The highest BCUT2D eigenvalue weighted by molar-refractivity contribution is 5.89. The molecule has 0 bridgehead atoms. The molecule has 1 aromatic rings. The Bertz CT molecular complexity index is 479. The first-order valence-electron chi connectivity index (χ1n) is 6.78. The van der Waals surface area contributed by atoms with Crippen LogP contribution in [0.25, 0.3) is 0 Å². The van der Waals surface area contributed by atoms with E-state index >= 15 is 0 Å². The van der Waals surface area contributed by atoms with Gasteiger partial charge in [0.05, 0.1) is 39.8 Å². The van der Waals surface area contributed by atoms with Crippen LogP contribution in [-0.2, 0) is 0 Å². The number of aliphatic hydroxyl groups is 1. The van der Waals surface area contributed by atoms with E-state index in [4.69, 9.17) is 5.11 Å². The van der Waals surface area contributed by atoms with Crippen molar-refractivity contribution in [1.82, 2.24) is 4.90 Å². The number of urea groups is 1. The molecule has 1 aromatic carbocycles. The van der Waals surface area contributed by atoms with E-state index in [0.717, 1.165) is 17.6 Å². The van der Waals surface area contributed by atoms with Crippen molar-refractivity contribution < 1.29 is 42.8 Å². The van der Waals surface area contributed by atoms with Gasteiger partial charge in [0.2, 0.25) is 0 Å². The van der Waals surface area contributed by atoms with Gasteiger partial charge in [0, 0.05) is 5.69 Å². The molecule has 1 aliphatic heterocycles. The Hall–Kier alpha value is -0.930. The van der Waals surface area contributed by atoms with Crippen LogP contribution in [0.2, 0.25) is 0 Å². The van der Waals surface area contributed by atoms with Crippen molar-refractivity contribution in [3.05, 3.63) is 30.1 Å². The molecule has 2 rings (SSSR count). The molecule has 2 amide bonds. The van der Waals surface area contributed by atoms with E-state index < -0.39 is 0 Å². The fourth-order valence-corrected chi connectivity index (χ4v) is 2.38. The van der Waals surface area contributed by atoms with Gasteiger partial charge < -0.3 is 43.8 Å². The number of hydrogen-bond donors (Lipinski definition) is 2. The summed E-state index contributed by atoms with van der Waals surface area (Å²) in [7, 11) is 2.08. The number of rotatable bonds is 3. The Morgan fingerprint density at radius 2 is 2.10 bits per heavy atom. The van der Waals surface area contributed by atoms with Crippen LogP contribution in [0, 0.1) is 5.82 Å². The number of aliphatic hydroxyl groups excluding tert-OH is 1. The zero-order valence-corrected chi connectivity index (χ0v) is 14.2. The molecule has 1 fully saturated rings. The molecule has 0 unspecified atom stereocenters. The van der Waals surface area contributed by atoms with Gasteiger partial charge in [0.25, 0.3) is 0 Å². The maximum atomic E-state index is 13.1. The average Bonchev–Trinajstić information content (AvgIpc) is 2.39. The highest BCUT2D eigenvalue weighted by Gasteiger charge is 2.30. The van der Waals surface area contributed by atoms with E-state index in [1.54, 1.807) is 17.0 Å². The minimum absolute atomic E-state index is 0. The topological polar surface area (TPSA) is 52.6 Å². The summed E-state index contributed by atoms with van der Waals surface area (Å²) in [4.78, 5) is 13.8. The standard InChI is InChI=1S/C14H20FN3O2.HI/c1-18(9-10-19)7-5-17(6-8-18)14(20)16-13-4-2-3-12(15)11-13;/h2-4,11,19H,5-10H2,1H3;1H. The van der Waals surface area contributed by atoms with Crippen molar-refractivity contribution in [3.8, 4) is 0 Å². The Morgan fingerprint density at radius 3 is 2.67 bits per heavy atom. The van der Waals surface area contributed by atoms with Crippen molar-refractivity contribution >= 4 is 11.7 Å². The lowest BCUT2D eigenvalue weighted by Crippen LogP contribution is -3.00. The summed E-state index contributed by atoms with van der Waals surface area (Å²) in [6, 6.07) is 5.67. The lowest BCUT2D eigenvalue weighted by molar-refractivity contribution is -0.913. The fraction of sp³-hybridized carbons (Fsp3) is 0.500. The number of anilines is 1. The second-order valence-corrected chi connectivity index (χ2v) is 5.44. The summed E-state index contributed by atoms with van der Waals surface area (Å²) >= 11 is 0. The minimum atomic E-state index is -0.367. The molecule has 0 saturated carbocycles. The maximum Gasteiger partial charge on any atom is 0.322 e. The zero-order valence-electron chi connectivity index (χ0n) is 12.1. The first-order valence-corrected chi connectivity index (χ1v) is 6.78. The summed E-state index contributed by atoms with van der Waals surface area (Å²) in [5.74, 6) is -0.367. The normalized spacial score (nSPS) is 17.0. The van der Waals surface area contributed by atoms with Gasteiger partial charge in [-0.05, 0) is 18.2 Å². The number of likely N-dealkylation sites (N-methyl/N-ethyl adjacent to an activating group) is 1. The largest absolute Gasteiger partial charge is 1.00 e. The summed E-state index contributed by atoms with van der Waals surface area (Å²) in [6.45, 7) is 3.77. The van der Waals surface area contributed by atoms with E-state index in [-0.39, 0.29) is 42.4 Å². The fourth-order valence-electron chi connectivity index (χ4n) is 2.38. The summed E-state index contributed by atoms with van der Waals surface area (Å²) in [5.41, 5.74) is 0.466. The van der Waals surface area contributed by atoms with E-state index in [0.29, 0.717) is 25.3 Å². The number of halogens is 2. The second kappa shape index (κ2) is 7.90. The summed E-state index contributed by atoms with van der Waals surface area (Å²) in [6.07, 6.45) is 0. The van der Waals surface area contributed by atoms with E-state index in [2.05, 4.69) is 12.4 Å². The highest BCUT2D eigenvalue weighted by Crippen LogP contribution is 2.13. The number of carbonyl (C=O) groups is 1. The smallest absolute Gasteiger partial charge is 0.322 e. The molecule has 1 saturated heterocycles. The Kier molecular flexibility index (Phi) is 6.82. The van der Waals surface area contributed by atoms with Crippen LogP contribution >= 0.6 is 0 Å². The van der Waals surface area contributed by atoms with Gasteiger partial charge in [-0.2, -0.15) is 0 Å². The van der Waals surface area contributed by atoms with Gasteiger partial charge in [-0.3, -0.25) is 0 Å². The average molecular weight is 409 g/mol. The zero-order chi connectivity index (χ0) is 14.6. The quantitative estimate of drug-likeness (QED) is 0.454. The Morgan fingerprint density at radius 1 is 1.43 bits per heavy atom. The Balaban J connectivity index is 0.00000220. The molecule has 0 aromatic heterocycles. The minimum Gasteiger partial charge on any atom is -1.00 e. The number of hydrogen-bond acceptors (Lipinski definition) is 2. The van der Waals surface area contributed by atoms with Crippen LogP contribution in [0.15, 0.2) is 24.3 Å². The summed E-state index contributed by atoms with van der Waals surface area (Å²) in [5, 5.41) is 11.7. The molecule has 0 spiro atoms. The van der Waals surface area contributed by atoms with Gasteiger partial charge in [0.1, 0.15) is 12.4 Å². The number of quaternary nitrogens is 1. The SMILES string of the molecule is C[N+]1(CCO)CCN(C(=O)Nc2cccc(F)c2)CC1.[I-]. The van der Waals surface area contributed by atoms with Gasteiger partial charge >= 0.3 is 6.03 Å². The number of nitrogens with one attached hydrogen (secondary N) is 1. The molecule has 21 heavy (non-hydrogen) atoms. The molecular formula is C14H21FIN3O2. The molecule has 1 heterocycles. The van der Waals surface area contributed by atoms with Gasteiger partial charge in [-0.1, -0.05) is 6.07 Å². The molecular weight excluding hydrogens is 388 g/mol. The van der Waals surface area contributed by atoms with E-state index in [9.17, 15) is 9.18 Å². The maximum absolute atomic E-state index is 13.1. The molecule has 0 radical (unpaired) electrons. The number of benzene rings is 1. The molecule has 1 aliphatic rings. The van der Waals surface area contributed by atoms with Crippen molar-refractivity contribution in [2.24, 2.45) is 0 Å². The third-order valence-electron chi connectivity index (χ3n) is 3.82. The number of amides is 2. The van der Waals surface area contributed by atoms with Crippen LogP contribution in [0.1, 0.15) is 0 Å². The molecule has 0 aliphatic carbocycles. The monoisotopic (exact) mass is 409 g/mol. The Labute approximate surface area is 141 Å². The van der Waals surface area contributed by atoms with Crippen LogP contribution in [0.5, 0.6) is 0 Å². The molecule has 118 valence electrons. The van der Waals surface area contributed by atoms with Gasteiger partial charge in [0.15, 0.2) is 0 Å². The van der Waals surface area contributed by atoms with Crippen molar-refractivity contribution in [2.45, 2.75) is 0 Å². The van der Waals surface area contributed by atoms with Crippen molar-refractivity contribution in [1.29, 1.82) is 0 Å². The number of carbonyl (C=O) groups excluding carboxylic acids is 1. The van der Waals surface area contributed by atoms with Gasteiger partial charge in [-0.25, -0.2) is 9.18 Å².